The van der Waals surface area contributed by atoms with Crippen molar-refractivity contribution in [2.24, 2.45) is 5.92 Å². The summed E-state index contributed by atoms with van der Waals surface area (Å²) in [6.07, 6.45) is 3.61. The summed E-state index contributed by atoms with van der Waals surface area (Å²) >= 11 is 1.36. The first-order valence-corrected chi connectivity index (χ1v) is 9.21. The maximum atomic E-state index is 12.2. The molecule has 0 bridgehead atoms. The van der Waals surface area contributed by atoms with Gasteiger partial charge in [-0.2, -0.15) is 5.26 Å². The zero-order valence-electron chi connectivity index (χ0n) is 15.3. The second-order valence-electron chi connectivity index (χ2n) is 6.65. The maximum absolute atomic E-state index is 12.2. The van der Waals surface area contributed by atoms with E-state index in [2.05, 4.69) is 42.4 Å². The standard InChI is InChI=1S/C19H24N4OS/c1-13(2)19(5,12-20)22-17(24)11-25-18-21-8-9-23(18)16-7-6-14(3)15(4)10-16/h6-10,13H,11H2,1-5H3,(H,22,24)/t19-/m1/s1. The number of carbonyl (C=O) groups is 1. The Bertz CT molecular complexity index is 806. The molecular weight excluding hydrogens is 332 g/mol. The van der Waals surface area contributed by atoms with Crippen LogP contribution in [-0.2, 0) is 4.79 Å². The largest absolute Gasteiger partial charge is 0.337 e. The number of nitrogens with one attached hydrogen (secondary N) is 1. The van der Waals surface area contributed by atoms with E-state index in [0.717, 1.165) is 10.8 Å². The molecule has 1 atom stereocenters. The Labute approximate surface area is 153 Å². The number of rotatable bonds is 6. The molecule has 5 nitrogen and oxygen atoms in total. The number of hydrogen-bond acceptors (Lipinski definition) is 4. The lowest BCUT2D eigenvalue weighted by atomic mass is 9.90. The number of carbonyl (C=O) groups excluding carboxylic acids is 1. The molecule has 0 saturated carbocycles. The van der Waals surface area contributed by atoms with Gasteiger partial charge in [-0.3, -0.25) is 9.36 Å². The van der Waals surface area contributed by atoms with E-state index in [1.54, 1.807) is 13.1 Å². The summed E-state index contributed by atoms with van der Waals surface area (Å²) in [6, 6.07) is 8.41. The number of aromatic nitrogens is 2. The average molecular weight is 356 g/mol. The van der Waals surface area contributed by atoms with Crippen LogP contribution in [0.4, 0.5) is 0 Å². The summed E-state index contributed by atoms with van der Waals surface area (Å²) < 4.78 is 1.97. The summed E-state index contributed by atoms with van der Waals surface area (Å²) in [5, 5.41) is 12.9. The smallest absolute Gasteiger partial charge is 0.231 e. The van der Waals surface area contributed by atoms with Crippen molar-refractivity contribution in [3.63, 3.8) is 0 Å². The molecule has 0 unspecified atom stereocenters. The van der Waals surface area contributed by atoms with Gasteiger partial charge >= 0.3 is 0 Å². The topological polar surface area (TPSA) is 70.7 Å². The number of aryl methyl sites for hydroxylation is 2. The fourth-order valence-electron chi connectivity index (χ4n) is 2.23. The molecule has 0 saturated heterocycles. The lowest BCUT2D eigenvalue weighted by Crippen LogP contribution is -2.49. The second-order valence-corrected chi connectivity index (χ2v) is 7.60. The first-order chi connectivity index (χ1) is 11.8. The molecule has 0 radical (unpaired) electrons. The molecule has 132 valence electrons. The van der Waals surface area contributed by atoms with Crippen molar-refractivity contribution in [3.05, 3.63) is 41.7 Å². The van der Waals surface area contributed by atoms with E-state index in [9.17, 15) is 10.1 Å². The summed E-state index contributed by atoms with van der Waals surface area (Å²) in [4.78, 5) is 16.6. The average Bonchev–Trinajstić information content (AvgIpc) is 3.03. The fourth-order valence-corrected chi connectivity index (χ4v) is 3.00. The zero-order chi connectivity index (χ0) is 18.6. The number of hydrogen-bond donors (Lipinski definition) is 1. The number of benzene rings is 1. The van der Waals surface area contributed by atoms with Gasteiger partial charge in [0, 0.05) is 18.1 Å². The van der Waals surface area contributed by atoms with Crippen LogP contribution < -0.4 is 5.32 Å². The molecule has 1 aromatic heterocycles. The molecule has 0 fully saturated rings. The minimum absolute atomic E-state index is 0.0315. The van der Waals surface area contributed by atoms with Gasteiger partial charge in [0.15, 0.2) is 5.16 Å². The maximum Gasteiger partial charge on any atom is 0.231 e. The van der Waals surface area contributed by atoms with Gasteiger partial charge in [0.1, 0.15) is 5.54 Å². The van der Waals surface area contributed by atoms with Crippen LogP contribution in [-0.4, -0.2) is 26.8 Å². The third-order valence-electron chi connectivity index (χ3n) is 4.49. The van der Waals surface area contributed by atoms with Gasteiger partial charge in [-0.25, -0.2) is 4.98 Å². The fraction of sp³-hybridized carbons (Fsp3) is 0.421. The van der Waals surface area contributed by atoms with Gasteiger partial charge in [0.05, 0.1) is 11.8 Å². The first-order valence-electron chi connectivity index (χ1n) is 8.23. The molecule has 1 heterocycles. The molecule has 0 aliphatic rings. The van der Waals surface area contributed by atoms with Crippen LogP contribution in [0.15, 0.2) is 35.7 Å². The Kier molecular flexibility index (Phi) is 5.91. The number of imidazole rings is 1. The van der Waals surface area contributed by atoms with Crippen LogP contribution in [0.25, 0.3) is 5.69 Å². The molecule has 25 heavy (non-hydrogen) atoms. The Morgan fingerprint density at radius 1 is 1.40 bits per heavy atom. The lowest BCUT2D eigenvalue weighted by Gasteiger charge is -2.27. The van der Waals surface area contributed by atoms with E-state index in [4.69, 9.17) is 0 Å². The third-order valence-corrected chi connectivity index (χ3v) is 5.46. The van der Waals surface area contributed by atoms with Crippen molar-refractivity contribution in [2.75, 3.05) is 5.75 Å². The SMILES string of the molecule is Cc1ccc(-n2ccnc2SCC(=O)N[C@](C)(C#N)C(C)C)cc1C. The minimum atomic E-state index is -0.860. The molecule has 1 N–H and O–H groups in total. The number of nitriles is 1. The monoisotopic (exact) mass is 356 g/mol. The van der Waals surface area contributed by atoms with E-state index in [0.29, 0.717) is 0 Å². The van der Waals surface area contributed by atoms with Crippen LogP contribution in [0.5, 0.6) is 0 Å². The van der Waals surface area contributed by atoms with E-state index in [1.807, 2.05) is 30.7 Å². The molecule has 6 heteroatoms. The van der Waals surface area contributed by atoms with Gasteiger partial charge in [-0.15, -0.1) is 0 Å². The predicted octanol–water partition coefficient (Wildman–Crippen LogP) is 3.64. The molecule has 2 rings (SSSR count). The van der Waals surface area contributed by atoms with Crippen LogP contribution in [0.1, 0.15) is 31.9 Å². The van der Waals surface area contributed by atoms with Crippen molar-refractivity contribution in [1.29, 1.82) is 5.26 Å². The summed E-state index contributed by atoms with van der Waals surface area (Å²) in [6.45, 7) is 9.74. The van der Waals surface area contributed by atoms with E-state index >= 15 is 0 Å². The third kappa shape index (κ3) is 4.43. The van der Waals surface area contributed by atoms with Crippen molar-refractivity contribution >= 4 is 17.7 Å². The highest BCUT2D eigenvalue weighted by atomic mass is 32.2. The van der Waals surface area contributed by atoms with Crippen molar-refractivity contribution in [2.45, 2.75) is 45.3 Å². The van der Waals surface area contributed by atoms with Gasteiger partial charge in [-0.1, -0.05) is 31.7 Å². The van der Waals surface area contributed by atoms with Crippen LogP contribution in [0.3, 0.4) is 0 Å². The highest BCUT2D eigenvalue weighted by molar-refractivity contribution is 7.99. The summed E-state index contributed by atoms with van der Waals surface area (Å²) in [5.41, 5.74) is 2.61. The highest BCUT2D eigenvalue weighted by Gasteiger charge is 2.29. The van der Waals surface area contributed by atoms with Gasteiger partial charge < -0.3 is 5.32 Å². The Balaban J connectivity index is 2.08. The van der Waals surface area contributed by atoms with Crippen molar-refractivity contribution in [3.8, 4) is 11.8 Å². The van der Waals surface area contributed by atoms with Gasteiger partial charge in [-0.05, 0) is 49.9 Å². The summed E-state index contributed by atoms with van der Waals surface area (Å²) in [7, 11) is 0. The Hall–Kier alpha value is -2.26. The molecule has 1 aromatic carbocycles. The van der Waals surface area contributed by atoms with Crippen LogP contribution in [0, 0.1) is 31.1 Å². The predicted molar refractivity (Wildman–Crippen MR) is 101 cm³/mol. The molecule has 1 amide bonds. The zero-order valence-corrected chi connectivity index (χ0v) is 16.1. The summed E-state index contributed by atoms with van der Waals surface area (Å²) in [5.74, 6) is 0.0765. The Morgan fingerprint density at radius 2 is 2.12 bits per heavy atom. The van der Waals surface area contributed by atoms with Gasteiger partial charge in [0.25, 0.3) is 0 Å². The Morgan fingerprint density at radius 3 is 2.72 bits per heavy atom. The lowest BCUT2D eigenvalue weighted by molar-refractivity contribution is -0.120. The van der Waals surface area contributed by atoms with Crippen molar-refractivity contribution in [1.82, 2.24) is 14.9 Å². The van der Waals surface area contributed by atoms with Gasteiger partial charge in [0.2, 0.25) is 5.91 Å². The van der Waals surface area contributed by atoms with Crippen LogP contribution in [0.2, 0.25) is 0 Å². The van der Waals surface area contributed by atoms with E-state index < -0.39 is 5.54 Å². The van der Waals surface area contributed by atoms with E-state index in [1.165, 1.54) is 22.9 Å². The number of thioether (sulfide) groups is 1. The molecule has 2 aromatic rings. The van der Waals surface area contributed by atoms with Crippen LogP contribution >= 0.6 is 11.8 Å². The van der Waals surface area contributed by atoms with E-state index in [-0.39, 0.29) is 17.6 Å². The first kappa shape index (κ1) is 19.1. The number of nitrogens with zero attached hydrogens (tertiary/aromatic N) is 3. The molecule has 0 aliphatic carbocycles. The van der Waals surface area contributed by atoms with Crippen molar-refractivity contribution < 1.29 is 4.79 Å². The molecule has 0 aliphatic heterocycles. The molecular formula is C19H24N4OS. The minimum Gasteiger partial charge on any atom is -0.337 e. The number of amides is 1. The highest BCUT2D eigenvalue weighted by Crippen LogP contribution is 2.22. The quantitative estimate of drug-likeness (QED) is 0.802. The molecule has 0 spiro atoms. The normalized spacial score (nSPS) is 13.3. The second kappa shape index (κ2) is 7.75.